The van der Waals surface area contributed by atoms with Gasteiger partial charge in [-0.05, 0) is 53.7 Å². The molecule has 0 saturated carbocycles. The molecule has 1 atom stereocenters. The van der Waals surface area contributed by atoms with Gasteiger partial charge in [-0.2, -0.15) is 0 Å². The first kappa shape index (κ1) is 18.0. The number of aromatic nitrogens is 2. The Morgan fingerprint density at radius 2 is 2.00 bits per heavy atom. The summed E-state index contributed by atoms with van der Waals surface area (Å²) in [6, 6.07) is 2.98. The van der Waals surface area contributed by atoms with E-state index in [-0.39, 0.29) is 5.97 Å². The average Bonchev–Trinajstić information content (AvgIpc) is 2.77. The summed E-state index contributed by atoms with van der Waals surface area (Å²) in [4.78, 5) is 29.2. The van der Waals surface area contributed by atoms with Gasteiger partial charge in [0.2, 0.25) is 0 Å². The van der Waals surface area contributed by atoms with Crippen molar-refractivity contribution in [2.45, 2.75) is 53.2 Å². The summed E-state index contributed by atoms with van der Waals surface area (Å²) < 4.78 is 12.4. The van der Waals surface area contributed by atoms with Crippen molar-refractivity contribution < 1.29 is 19.1 Å². The van der Waals surface area contributed by atoms with Crippen LogP contribution in [0.2, 0.25) is 0 Å². The second-order valence-corrected chi connectivity index (χ2v) is 6.63. The monoisotopic (exact) mass is 332 g/mol. The number of pyridine rings is 1. The first-order valence-corrected chi connectivity index (χ1v) is 8.02. The number of carbonyl (C=O) groups is 2. The lowest BCUT2D eigenvalue weighted by molar-refractivity contribution is -0.146. The normalized spacial score (nSPS) is 12.9. The van der Waals surface area contributed by atoms with Crippen molar-refractivity contribution in [3.63, 3.8) is 0 Å². The number of hydrogen-bond acceptors (Lipinski definition) is 5. The first-order valence-electron chi connectivity index (χ1n) is 8.02. The Kier molecular flexibility index (Phi) is 4.96. The number of rotatable bonds is 4. The molecule has 0 radical (unpaired) electrons. The summed E-state index contributed by atoms with van der Waals surface area (Å²) >= 11 is 0. The SMILES string of the molecule is CCOC(=O)C(C)n1c(C)c(C(=O)OC(C)(C)C)c2cccnc21. The minimum Gasteiger partial charge on any atom is -0.464 e. The van der Waals surface area contributed by atoms with Crippen molar-refractivity contribution in [3.8, 4) is 0 Å². The number of ether oxygens (including phenoxy) is 2. The second kappa shape index (κ2) is 6.63. The van der Waals surface area contributed by atoms with Gasteiger partial charge < -0.3 is 14.0 Å². The van der Waals surface area contributed by atoms with E-state index in [0.717, 1.165) is 0 Å². The Morgan fingerprint density at radius 1 is 1.33 bits per heavy atom. The second-order valence-electron chi connectivity index (χ2n) is 6.63. The molecule has 6 nitrogen and oxygen atoms in total. The van der Waals surface area contributed by atoms with E-state index in [9.17, 15) is 9.59 Å². The summed E-state index contributed by atoms with van der Waals surface area (Å²) in [5.41, 5.74) is 1.03. The molecule has 2 heterocycles. The van der Waals surface area contributed by atoms with Gasteiger partial charge in [-0.15, -0.1) is 0 Å². The molecule has 0 aliphatic rings. The van der Waals surface area contributed by atoms with Gasteiger partial charge in [-0.3, -0.25) is 0 Å². The van der Waals surface area contributed by atoms with E-state index >= 15 is 0 Å². The fourth-order valence-corrected chi connectivity index (χ4v) is 2.69. The quantitative estimate of drug-likeness (QED) is 0.802. The first-order chi connectivity index (χ1) is 11.2. The summed E-state index contributed by atoms with van der Waals surface area (Å²) in [7, 11) is 0. The maximum atomic E-state index is 12.6. The Hall–Kier alpha value is -2.37. The molecule has 0 aliphatic carbocycles. The van der Waals surface area contributed by atoms with Gasteiger partial charge in [0, 0.05) is 17.3 Å². The molecule has 1 unspecified atom stereocenters. The van der Waals surface area contributed by atoms with Crippen LogP contribution in [0, 0.1) is 6.92 Å². The van der Waals surface area contributed by atoms with Crippen LogP contribution in [-0.2, 0) is 14.3 Å². The molecule has 6 heteroatoms. The van der Waals surface area contributed by atoms with E-state index in [0.29, 0.717) is 28.9 Å². The molecule has 0 fully saturated rings. The van der Waals surface area contributed by atoms with E-state index < -0.39 is 17.6 Å². The summed E-state index contributed by atoms with van der Waals surface area (Å²) in [5.74, 6) is -0.785. The van der Waals surface area contributed by atoms with Crippen molar-refractivity contribution in [1.82, 2.24) is 9.55 Å². The van der Waals surface area contributed by atoms with Gasteiger partial charge >= 0.3 is 11.9 Å². The molecule has 2 rings (SSSR count). The Labute approximate surface area is 141 Å². The van der Waals surface area contributed by atoms with Gasteiger partial charge in [0.1, 0.15) is 17.3 Å². The fourth-order valence-electron chi connectivity index (χ4n) is 2.69. The molecule has 0 bridgehead atoms. The van der Waals surface area contributed by atoms with Crippen LogP contribution in [0.1, 0.15) is 56.7 Å². The third kappa shape index (κ3) is 3.42. The van der Waals surface area contributed by atoms with E-state index in [4.69, 9.17) is 9.47 Å². The van der Waals surface area contributed by atoms with Gasteiger partial charge in [0.25, 0.3) is 0 Å². The molecular formula is C18H24N2O4. The lowest BCUT2D eigenvalue weighted by atomic mass is 10.1. The van der Waals surface area contributed by atoms with Crippen LogP contribution in [0.3, 0.4) is 0 Å². The molecule has 0 amide bonds. The molecule has 2 aromatic heterocycles. The van der Waals surface area contributed by atoms with Crippen molar-refractivity contribution >= 4 is 23.0 Å². The number of nitrogens with zero attached hydrogens (tertiary/aromatic N) is 2. The predicted molar refractivity (Wildman–Crippen MR) is 91.0 cm³/mol. The van der Waals surface area contributed by atoms with Crippen molar-refractivity contribution in [2.24, 2.45) is 0 Å². The number of carbonyl (C=O) groups excluding carboxylic acids is 2. The van der Waals surface area contributed by atoms with E-state index in [1.165, 1.54) is 0 Å². The maximum Gasteiger partial charge on any atom is 0.341 e. The lowest BCUT2D eigenvalue weighted by Crippen LogP contribution is -2.25. The van der Waals surface area contributed by atoms with Crippen LogP contribution in [0.5, 0.6) is 0 Å². The zero-order valence-corrected chi connectivity index (χ0v) is 15.0. The Morgan fingerprint density at radius 3 is 2.58 bits per heavy atom. The number of hydrogen-bond donors (Lipinski definition) is 0. The highest BCUT2D eigenvalue weighted by molar-refractivity contribution is 6.05. The third-order valence-electron chi connectivity index (χ3n) is 3.63. The highest BCUT2D eigenvalue weighted by atomic mass is 16.6. The topological polar surface area (TPSA) is 70.4 Å². The highest BCUT2D eigenvalue weighted by Crippen LogP contribution is 2.29. The Balaban J connectivity index is 2.60. The molecule has 0 N–H and O–H groups in total. The van der Waals surface area contributed by atoms with Crippen LogP contribution in [0.25, 0.3) is 11.0 Å². The third-order valence-corrected chi connectivity index (χ3v) is 3.63. The average molecular weight is 332 g/mol. The van der Waals surface area contributed by atoms with Crippen LogP contribution in [-0.4, -0.2) is 33.7 Å². The smallest absolute Gasteiger partial charge is 0.341 e. The molecule has 130 valence electrons. The fraction of sp³-hybridized carbons (Fsp3) is 0.500. The predicted octanol–water partition coefficient (Wildman–Crippen LogP) is 3.42. The molecule has 24 heavy (non-hydrogen) atoms. The van der Waals surface area contributed by atoms with Crippen LogP contribution in [0.4, 0.5) is 0 Å². The summed E-state index contributed by atoms with van der Waals surface area (Å²) in [5, 5.41) is 0.667. The summed E-state index contributed by atoms with van der Waals surface area (Å²) in [6.45, 7) is 11.0. The lowest BCUT2D eigenvalue weighted by Gasteiger charge is -2.20. The molecule has 0 saturated heterocycles. The largest absolute Gasteiger partial charge is 0.464 e. The zero-order chi connectivity index (χ0) is 18.1. The summed E-state index contributed by atoms with van der Waals surface area (Å²) in [6.07, 6.45) is 1.63. The minimum atomic E-state index is -0.604. The van der Waals surface area contributed by atoms with Crippen molar-refractivity contribution in [2.75, 3.05) is 6.61 Å². The molecule has 0 aliphatic heterocycles. The van der Waals surface area contributed by atoms with Crippen molar-refractivity contribution in [1.29, 1.82) is 0 Å². The Bertz CT molecular complexity index is 771. The van der Waals surface area contributed by atoms with E-state index in [1.54, 1.807) is 37.6 Å². The molecule has 0 aromatic carbocycles. The highest BCUT2D eigenvalue weighted by Gasteiger charge is 2.29. The van der Waals surface area contributed by atoms with Crippen LogP contribution in [0.15, 0.2) is 18.3 Å². The zero-order valence-electron chi connectivity index (χ0n) is 15.0. The molecular weight excluding hydrogens is 308 g/mol. The van der Waals surface area contributed by atoms with E-state index in [2.05, 4.69) is 4.98 Å². The maximum absolute atomic E-state index is 12.6. The van der Waals surface area contributed by atoms with Gasteiger partial charge in [0.05, 0.1) is 12.2 Å². The van der Waals surface area contributed by atoms with Gasteiger partial charge in [-0.25, -0.2) is 14.6 Å². The molecule has 0 spiro atoms. The molecule has 2 aromatic rings. The minimum absolute atomic E-state index is 0.299. The number of fused-ring (bicyclic) bond motifs is 1. The van der Waals surface area contributed by atoms with E-state index in [1.807, 2.05) is 26.8 Å². The number of esters is 2. The van der Waals surface area contributed by atoms with Crippen molar-refractivity contribution in [3.05, 3.63) is 29.6 Å². The van der Waals surface area contributed by atoms with Gasteiger partial charge in [0.15, 0.2) is 0 Å². The van der Waals surface area contributed by atoms with Crippen LogP contribution < -0.4 is 0 Å². The standard InChI is InChI=1S/C18H24N2O4/c1-7-23-16(21)12(3)20-11(2)14(17(22)24-18(4,5)6)13-9-8-10-19-15(13)20/h8-10,12H,7H2,1-6H3. The van der Waals surface area contributed by atoms with Gasteiger partial charge in [-0.1, -0.05) is 0 Å². The van der Waals surface area contributed by atoms with Crippen LogP contribution >= 0.6 is 0 Å².